The van der Waals surface area contributed by atoms with E-state index >= 15 is 0 Å². The van der Waals surface area contributed by atoms with Crippen molar-refractivity contribution in [1.82, 2.24) is 0 Å². The van der Waals surface area contributed by atoms with Gasteiger partial charge in [0.25, 0.3) is 0 Å². The van der Waals surface area contributed by atoms with Crippen molar-refractivity contribution in [3.63, 3.8) is 0 Å². The third-order valence-corrected chi connectivity index (χ3v) is 5.06. The molecule has 2 nitrogen and oxygen atoms in total. The van der Waals surface area contributed by atoms with E-state index in [1.807, 2.05) is 13.0 Å². The number of aliphatic hydroxyl groups excluding tert-OH is 1. The zero-order valence-corrected chi connectivity index (χ0v) is 14.9. The Bertz CT molecular complexity index is 446. The number of carbonyl (C=O) groups excluding carboxylic acids is 1. The van der Waals surface area contributed by atoms with Crippen molar-refractivity contribution in [3.05, 3.63) is 36.0 Å². The molecule has 3 heteroatoms. The number of rotatable bonds is 7. The zero-order chi connectivity index (χ0) is 16.0. The van der Waals surface area contributed by atoms with Crippen molar-refractivity contribution < 1.29 is 9.90 Å². The second kappa shape index (κ2) is 8.09. The number of unbranched alkanes of at least 4 members (excludes halogenated alkanes) is 1. The van der Waals surface area contributed by atoms with Gasteiger partial charge in [-0.2, -0.15) is 0 Å². The maximum absolute atomic E-state index is 12.6. The van der Waals surface area contributed by atoms with Crippen LogP contribution in [0.1, 0.15) is 46.5 Å². The van der Waals surface area contributed by atoms with E-state index in [1.165, 1.54) is 0 Å². The molecule has 1 N–H and O–H groups in total. The largest absolute Gasteiger partial charge is 0.389 e. The van der Waals surface area contributed by atoms with Crippen molar-refractivity contribution >= 4 is 21.7 Å². The topological polar surface area (TPSA) is 37.3 Å². The van der Waals surface area contributed by atoms with Crippen LogP contribution in [0.5, 0.6) is 0 Å². The number of hydrogen-bond donors (Lipinski definition) is 1. The molecule has 0 spiro atoms. The minimum Gasteiger partial charge on any atom is -0.389 e. The van der Waals surface area contributed by atoms with Gasteiger partial charge >= 0.3 is 0 Å². The van der Waals surface area contributed by atoms with Gasteiger partial charge in [-0.05, 0) is 50.0 Å². The molecule has 0 fully saturated rings. The fourth-order valence-corrected chi connectivity index (χ4v) is 3.68. The summed E-state index contributed by atoms with van der Waals surface area (Å²) in [4.78, 5) is 12.6. The van der Waals surface area contributed by atoms with Gasteiger partial charge in [0.05, 0.1) is 6.10 Å². The number of alkyl halides is 1. The Hall–Kier alpha value is -0.670. The van der Waals surface area contributed by atoms with Crippen LogP contribution in [0.4, 0.5) is 0 Å². The number of aliphatic hydroxyl groups is 1. The second-order valence-electron chi connectivity index (χ2n) is 6.35. The third-order valence-electron chi connectivity index (χ3n) is 4.50. The number of carbonyl (C=O) groups is 1. The van der Waals surface area contributed by atoms with Gasteiger partial charge in [0.2, 0.25) is 0 Å². The molecule has 2 unspecified atom stereocenters. The molecule has 21 heavy (non-hydrogen) atoms. The fraction of sp³-hybridized carbons (Fsp3) is 0.611. The first-order valence-corrected chi connectivity index (χ1v) is 8.76. The Balaban J connectivity index is 2.99. The number of allylic oxidation sites excluding steroid dienone is 4. The lowest BCUT2D eigenvalue weighted by Crippen LogP contribution is -2.39. The van der Waals surface area contributed by atoms with Crippen LogP contribution in [0, 0.1) is 11.3 Å². The van der Waals surface area contributed by atoms with Crippen molar-refractivity contribution in [3.8, 4) is 0 Å². The highest BCUT2D eigenvalue weighted by Gasteiger charge is 2.42. The molecule has 0 saturated heterocycles. The molecule has 0 radical (unpaired) electrons. The summed E-state index contributed by atoms with van der Waals surface area (Å²) in [5.74, 6) is 0.140. The maximum atomic E-state index is 12.6. The predicted octanol–water partition coefficient (Wildman–Crippen LogP) is 4.59. The van der Waals surface area contributed by atoms with E-state index in [2.05, 4.69) is 36.4 Å². The fourth-order valence-electron chi connectivity index (χ4n) is 3.35. The van der Waals surface area contributed by atoms with E-state index in [4.69, 9.17) is 0 Å². The van der Waals surface area contributed by atoms with Crippen LogP contribution in [0.3, 0.4) is 0 Å². The summed E-state index contributed by atoms with van der Waals surface area (Å²) in [6.45, 7) is 9.85. The molecule has 0 heterocycles. The number of hydrogen-bond acceptors (Lipinski definition) is 2. The van der Waals surface area contributed by atoms with Gasteiger partial charge in [-0.3, -0.25) is 4.79 Å². The van der Waals surface area contributed by atoms with Crippen molar-refractivity contribution in [2.75, 3.05) is 5.33 Å². The highest BCUT2D eigenvalue weighted by Crippen LogP contribution is 2.46. The third kappa shape index (κ3) is 4.40. The van der Waals surface area contributed by atoms with Gasteiger partial charge in [0.15, 0.2) is 5.78 Å². The van der Waals surface area contributed by atoms with Gasteiger partial charge in [0, 0.05) is 10.9 Å². The highest BCUT2D eigenvalue weighted by molar-refractivity contribution is 9.09. The number of halogens is 1. The predicted molar refractivity (Wildman–Crippen MR) is 92.6 cm³/mol. The lowest BCUT2D eigenvalue weighted by molar-refractivity contribution is -0.113. The van der Waals surface area contributed by atoms with Crippen molar-refractivity contribution in [2.24, 2.45) is 11.3 Å². The molecule has 1 aliphatic carbocycles. The maximum Gasteiger partial charge on any atom is 0.181 e. The molecule has 0 aromatic heterocycles. The van der Waals surface area contributed by atoms with Crippen molar-refractivity contribution in [2.45, 2.75) is 52.6 Å². The smallest absolute Gasteiger partial charge is 0.181 e. The van der Waals surface area contributed by atoms with Gasteiger partial charge in [-0.15, -0.1) is 6.58 Å². The van der Waals surface area contributed by atoms with Crippen LogP contribution < -0.4 is 0 Å². The lowest BCUT2D eigenvalue weighted by Gasteiger charge is -2.42. The van der Waals surface area contributed by atoms with Crippen LogP contribution in [0.15, 0.2) is 36.0 Å². The molecule has 0 bridgehead atoms. The van der Waals surface area contributed by atoms with Gasteiger partial charge in [-0.1, -0.05) is 47.5 Å². The van der Waals surface area contributed by atoms with Gasteiger partial charge in [0.1, 0.15) is 0 Å². The minimum atomic E-state index is -0.562. The normalized spacial score (nSPS) is 23.4. The molecule has 0 saturated carbocycles. The molecule has 0 amide bonds. The van der Waals surface area contributed by atoms with Gasteiger partial charge in [-0.25, -0.2) is 0 Å². The standard InChI is InChI=1S/C18H27BrO2/c1-5-15(20)14-11-10-13(2)17(18(14,3)4)16(21)9-7-6-8-12-19/h5,7,9,14-15,20H,1,6,8,10-12H2,2-4H3/b9-7+. The molecular formula is C18H27BrO2. The first-order chi connectivity index (χ1) is 9.86. The van der Waals surface area contributed by atoms with E-state index in [0.29, 0.717) is 0 Å². The average molecular weight is 355 g/mol. The van der Waals surface area contributed by atoms with Crippen molar-refractivity contribution in [1.29, 1.82) is 0 Å². The summed E-state index contributed by atoms with van der Waals surface area (Å²) >= 11 is 3.39. The zero-order valence-electron chi connectivity index (χ0n) is 13.4. The summed E-state index contributed by atoms with van der Waals surface area (Å²) in [6.07, 6.45) is 8.38. The Kier molecular flexibility index (Phi) is 7.08. The summed E-state index contributed by atoms with van der Waals surface area (Å²) in [5.41, 5.74) is 1.70. The van der Waals surface area contributed by atoms with Crippen LogP contribution in [-0.4, -0.2) is 22.3 Å². The van der Waals surface area contributed by atoms with E-state index in [9.17, 15) is 9.90 Å². The quantitative estimate of drug-likeness (QED) is 0.314. The highest BCUT2D eigenvalue weighted by atomic mass is 79.9. The molecule has 0 aromatic rings. The first-order valence-electron chi connectivity index (χ1n) is 7.64. The summed E-state index contributed by atoms with van der Waals surface area (Å²) in [7, 11) is 0. The van der Waals surface area contributed by atoms with Crippen LogP contribution in [-0.2, 0) is 4.79 Å². The molecule has 0 aromatic carbocycles. The summed E-state index contributed by atoms with van der Waals surface area (Å²) < 4.78 is 0. The SMILES string of the molecule is C=CC(O)C1CCC(C)=C(C(=O)/C=C/CCCBr)C1(C)C. The van der Waals surface area contributed by atoms with E-state index < -0.39 is 6.10 Å². The van der Waals surface area contributed by atoms with Crippen LogP contribution in [0.2, 0.25) is 0 Å². The molecule has 1 rings (SSSR count). The number of ketones is 1. The Morgan fingerprint density at radius 3 is 2.81 bits per heavy atom. The Morgan fingerprint density at radius 1 is 1.57 bits per heavy atom. The molecule has 0 aliphatic heterocycles. The summed E-state index contributed by atoms with van der Waals surface area (Å²) in [5, 5.41) is 11.1. The van der Waals surface area contributed by atoms with E-state index in [1.54, 1.807) is 12.2 Å². The Labute approximate surface area is 137 Å². The molecule has 2 atom stereocenters. The average Bonchev–Trinajstić information content (AvgIpc) is 2.42. The van der Waals surface area contributed by atoms with E-state index in [0.717, 1.165) is 42.2 Å². The van der Waals surface area contributed by atoms with Crippen LogP contribution >= 0.6 is 15.9 Å². The molecular weight excluding hydrogens is 328 g/mol. The lowest BCUT2D eigenvalue weighted by atomic mass is 9.62. The Morgan fingerprint density at radius 2 is 2.24 bits per heavy atom. The first kappa shape index (κ1) is 18.4. The van der Waals surface area contributed by atoms with Gasteiger partial charge < -0.3 is 5.11 Å². The second-order valence-corrected chi connectivity index (χ2v) is 7.14. The monoisotopic (exact) mass is 354 g/mol. The summed E-state index contributed by atoms with van der Waals surface area (Å²) in [6, 6.07) is 0. The molecule has 1 aliphatic rings. The van der Waals surface area contributed by atoms with E-state index in [-0.39, 0.29) is 17.1 Å². The van der Waals surface area contributed by atoms with Crippen LogP contribution in [0.25, 0.3) is 0 Å². The molecule has 118 valence electrons. The minimum absolute atomic E-state index is 0.0496.